The molecule has 0 fully saturated rings. The maximum Gasteiger partial charge on any atom is 0.159 e. The van der Waals surface area contributed by atoms with Crippen LogP contribution < -0.4 is 5.32 Å². The number of unbranched alkanes of at least 4 members (excludes halogenated alkanes) is 3. The Morgan fingerprint density at radius 2 is 2.36 bits per heavy atom. The first-order valence-corrected chi connectivity index (χ1v) is 5.39. The van der Waals surface area contributed by atoms with Gasteiger partial charge in [0.1, 0.15) is 0 Å². The quantitative estimate of drug-likeness (QED) is 0.519. The van der Waals surface area contributed by atoms with Crippen LogP contribution in [0.15, 0.2) is 24.9 Å². The van der Waals surface area contributed by atoms with Crippen molar-refractivity contribution in [3.05, 3.63) is 24.9 Å². The van der Waals surface area contributed by atoms with Gasteiger partial charge in [-0.1, -0.05) is 18.9 Å². The molecule has 0 amide bonds. The van der Waals surface area contributed by atoms with Gasteiger partial charge in [-0.15, -0.1) is 6.58 Å². The normalized spacial score (nSPS) is 20.6. The van der Waals surface area contributed by atoms with E-state index in [0.717, 1.165) is 12.8 Å². The number of carbonyl (C=O) groups excluding carboxylic acids is 1. The van der Waals surface area contributed by atoms with E-state index >= 15 is 0 Å². The summed E-state index contributed by atoms with van der Waals surface area (Å²) in [5, 5.41) is 3.22. The lowest BCUT2D eigenvalue weighted by Crippen LogP contribution is -2.30. The molecular formula is C12H19NO. The standard InChI is InChI=1S/C12H19NO/c1-2-3-4-5-6-7-11-10-12(14)8-9-13-11/h2,8-9,11,13H,1,3-7,10H2/t11-/m1/s1. The lowest BCUT2D eigenvalue weighted by Gasteiger charge is -2.18. The minimum atomic E-state index is 0.250. The van der Waals surface area contributed by atoms with Crippen LogP contribution in [0.25, 0.3) is 0 Å². The van der Waals surface area contributed by atoms with Crippen molar-refractivity contribution in [2.24, 2.45) is 0 Å². The maximum atomic E-state index is 11.1. The fourth-order valence-corrected chi connectivity index (χ4v) is 1.69. The highest BCUT2D eigenvalue weighted by Gasteiger charge is 2.13. The number of rotatable bonds is 6. The van der Waals surface area contributed by atoms with Crippen LogP contribution in [0.3, 0.4) is 0 Å². The third kappa shape index (κ3) is 4.26. The van der Waals surface area contributed by atoms with Crippen molar-refractivity contribution in [3.8, 4) is 0 Å². The Morgan fingerprint density at radius 3 is 3.07 bits per heavy atom. The molecule has 1 aliphatic rings. The highest BCUT2D eigenvalue weighted by atomic mass is 16.1. The fourth-order valence-electron chi connectivity index (χ4n) is 1.69. The minimum Gasteiger partial charge on any atom is -0.388 e. The lowest BCUT2D eigenvalue weighted by molar-refractivity contribution is -0.115. The summed E-state index contributed by atoms with van der Waals surface area (Å²) in [7, 11) is 0. The first-order valence-electron chi connectivity index (χ1n) is 5.39. The van der Waals surface area contributed by atoms with Crippen molar-refractivity contribution in [1.82, 2.24) is 5.32 Å². The van der Waals surface area contributed by atoms with E-state index in [1.165, 1.54) is 19.3 Å². The average Bonchev–Trinajstić information content (AvgIpc) is 2.18. The predicted octanol–water partition coefficient (Wildman–Crippen LogP) is 2.57. The highest BCUT2D eigenvalue weighted by Crippen LogP contribution is 2.11. The van der Waals surface area contributed by atoms with Gasteiger partial charge in [0.25, 0.3) is 0 Å². The van der Waals surface area contributed by atoms with Gasteiger partial charge in [-0.25, -0.2) is 0 Å². The molecule has 2 nitrogen and oxygen atoms in total. The molecule has 1 aliphatic heterocycles. The number of ketones is 1. The second-order valence-electron chi connectivity index (χ2n) is 3.79. The summed E-state index contributed by atoms with van der Waals surface area (Å²) in [5.41, 5.74) is 0. The first kappa shape index (κ1) is 11.0. The zero-order valence-electron chi connectivity index (χ0n) is 8.67. The predicted molar refractivity (Wildman–Crippen MR) is 59.0 cm³/mol. The SMILES string of the molecule is C=CCCCCC[C@@H]1CC(=O)C=CN1. The number of carbonyl (C=O) groups is 1. The van der Waals surface area contributed by atoms with Gasteiger partial charge in [0, 0.05) is 18.7 Å². The van der Waals surface area contributed by atoms with Crippen LogP contribution >= 0.6 is 0 Å². The summed E-state index contributed by atoms with van der Waals surface area (Å²) in [5.74, 6) is 0.250. The Morgan fingerprint density at radius 1 is 1.50 bits per heavy atom. The lowest BCUT2D eigenvalue weighted by atomic mass is 10.0. The molecule has 78 valence electrons. The molecule has 0 aromatic carbocycles. The van der Waals surface area contributed by atoms with E-state index in [0.29, 0.717) is 12.5 Å². The molecule has 1 rings (SSSR count). The zero-order valence-corrected chi connectivity index (χ0v) is 8.67. The van der Waals surface area contributed by atoms with Gasteiger partial charge in [-0.05, 0) is 25.3 Å². The van der Waals surface area contributed by atoms with Crippen molar-refractivity contribution < 1.29 is 4.79 Å². The summed E-state index contributed by atoms with van der Waals surface area (Å²) in [6.45, 7) is 3.69. The van der Waals surface area contributed by atoms with Gasteiger partial charge in [0.05, 0.1) is 0 Å². The van der Waals surface area contributed by atoms with Gasteiger partial charge in [-0.2, -0.15) is 0 Å². The van der Waals surface area contributed by atoms with E-state index in [9.17, 15) is 4.79 Å². The highest BCUT2D eigenvalue weighted by molar-refractivity contribution is 5.90. The van der Waals surface area contributed by atoms with E-state index < -0.39 is 0 Å². The van der Waals surface area contributed by atoms with E-state index in [2.05, 4.69) is 11.9 Å². The number of hydrogen-bond acceptors (Lipinski definition) is 2. The summed E-state index contributed by atoms with van der Waals surface area (Å²) < 4.78 is 0. The Balaban J connectivity index is 2.04. The number of nitrogens with one attached hydrogen (secondary N) is 1. The molecule has 1 atom stereocenters. The molecule has 1 N–H and O–H groups in total. The molecule has 0 aromatic rings. The van der Waals surface area contributed by atoms with E-state index in [-0.39, 0.29) is 5.78 Å². The summed E-state index contributed by atoms with van der Waals surface area (Å²) in [4.78, 5) is 11.1. The van der Waals surface area contributed by atoms with Crippen LogP contribution in [0.4, 0.5) is 0 Å². The Kier molecular flexibility index (Phi) is 5.05. The van der Waals surface area contributed by atoms with Gasteiger partial charge < -0.3 is 5.32 Å². The molecule has 14 heavy (non-hydrogen) atoms. The monoisotopic (exact) mass is 193 g/mol. The van der Waals surface area contributed by atoms with Crippen LogP contribution in [0.1, 0.15) is 38.5 Å². The molecule has 0 aromatic heterocycles. The number of hydrogen-bond donors (Lipinski definition) is 1. The second-order valence-corrected chi connectivity index (χ2v) is 3.79. The molecular weight excluding hydrogens is 174 g/mol. The fraction of sp³-hybridized carbons (Fsp3) is 0.583. The van der Waals surface area contributed by atoms with Gasteiger partial charge in [0.15, 0.2) is 5.78 Å². The van der Waals surface area contributed by atoms with Crippen LogP contribution in [0.5, 0.6) is 0 Å². The third-order valence-corrected chi connectivity index (χ3v) is 2.51. The van der Waals surface area contributed by atoms with Crippen molar-refractivity contribution >= 4 is 5.78 Å². The Hall–Kier alpha value is -1.05. The van der Waals surface area contributed by atoms with Crippen molar-refractivity contribution in [3.63, 3.8) is 0 Å². The largest absolute Gasteiger partial charge is 0.388 e. The topological polar surface area (TPSA) is 29.1 Å². The van der Waals surface area contributed by atoms with Crippen molar-refractivity contribution in [2.75, 3.05) is 0 Å². The zero-order chi connectivity index (χ0) is 10.2. The average molecular weight is 193 g/mol. The summed E-state index contributed by atoms with van der Waals surface area (Å²) in [6, 6.07) is 0.372. The van der Waals surface area contributed by atoms with Crippen LogP contribution in [0, 0.1) is 0 Å². The first-order chi connectivity index (χ1) is 6.83. The van der Waals surface area contributed by atoms with E-state index in [4.69, 9.17) is 0 Å². The minimum absolute atomic E-state index is 0.250. The molecule has 0 saturated carbocycles. The molecule has 1 heterocycles. The summed E-state index contributed by atoms with van der Waals surface area (Å²) in [6.07, 6.45) is 11.9. The van der Waals surface area contributed by atoms with E-state index in [1.54, 1.807) is 12.3 Å². The third-order valence-electron chi connectivity index (χ3n) is 2.51. The number of allylic oxidation sites excluding steroid dienone is 2. The smallest absolute Gasteiger partial charge is 0.159 e. The molecule has 0 saturated heterocycles. The molecule has 0 aliphatic carbocycles. The van der Waals surface area contributed by atoms with Crippen molar-refractivity contribution in [1.29, 1.82) is 0 Å². The maximum absolute atomic E-state index is 11.1. The second kappa shape index (κ2) is 6.41. The Bertz CT molecular complexity index is 220. The van der Waals surface area contributed by atoms with Gasteiger partial charge >= 0.3 is 0 Å². The summed E-state index contributed by atoms with van der Waals surface area (Å²) >= 11 is 0. The van der Waals surface area contributed by atoms with E-state index in [1.807, 2.05) is 6.08 Å². The van der Waals surface area contributed by atoms with Gasteiger partial charge in [-0.3, -0.25) is 4.79 Å². The Labute approximate surface area is 86.1 Å². The molecule has 0 spiro atoms. The molecule has 0 unspecified atom stereocenters. The molecule has 0 radical (unpaired) electrons. The van der Waals surface area contributed by atoms with Crippen molar-refractivity contribution in [2.45, 2.75) is 44.6 Å². The van der Waals surface area contributed by atoms with Gasteiger partial charge in [0.2, 0.25) is 0 Å². The van der Waals surface area contributed by atoms with Crippen LogP contribution in [-0.4, -0.2) is 11.8 Å². The molecule has 2 heteroatoms. The van der Waals surface area contributed by atoms with Crippen LogP contribution in [0.2, 0.25) is 0 Å². The van der Waals surface area contributed by atoms with Crippen LogP contribution in [-0.2, 0) is 4.79 Å². The molecule has 0 bridgehead atoms.